The average Bonchev–Trinajstić information content (AvgIpc) is 2.31. The minimum atomic E-state index is 0. The molecule has 0 unspecified atom stereocenters. The molecule has 1 aromatic rings. The number of Topliss-reactive ketones (excluding diaryl/α,β-unsaturated/α-hetero) is 1. The van der Waals surface area contributed by atoms with Gasteiger partial charge in [0.25, 0.3) is 0 Å². The molecule has 1 aromatic carbocycles. The summed E-state index contributed by atoms with van der Waals surface area (Å²) in [5.41, 5.74) is 0.835. The number of hydrogen-bond donors (Lipinski definition) is 1. The largest absolute Gasteiger partial charge is 0.317 e. The first-order valence-electron chi connectivity index (χ1n) is 5.75. The molecule has 0 aliphatic carbocycles. The molecule has 2 rings (SSSR count). The molecule has 1 saturated heterocycles. The summed E-state index contributed by atoms with van der Waals surface area (Å²) in [6.45, 7) is 2.11. The van der Waals surface area contributed by atoms with E-state index in [0.29, 0.717) is 12.3 Å². The number of piperidine rings is 1. The van der Waals surface area contributed by atoms with Gasteiger partial charge in [0.15, 0.2) is 5.78 Å². The van der Waals surface area contributed by atoms with E-state index < -0.39 is 0 Å². The number of carbonyl (C=O) groups excluding carboxylic acids is 1. The van der Waals surface area contributed by atoms with Gasteiger partial charge in [-0.05, 0) is 44.0 Å². The summed E-state index contributed by atoms with van der Waals surface area (Å²) >= 11 is 3.37. The van der Waals surface area contributed by atoms with Crippen molar-refractivity contribution in [2.75, 3.05) is 13.1 Å². The second-order valence-electron chi connectivity index (χ2n) is 4.33. The fourth-order valence-electron chi connectivity index (χ4n) is 2.10. The van der Waals surface area contributed by atoms with Crippen LogP contribution in [0.2, 0.25) is 0 Å². The number of benzene rings is 1. The van der Waals surface area contributed by atoms with E-state index in [2.05, 4.69) is 21.2 Å². The molecular formula is C13H17BrClNO. The number of hydrogen-bond acceptors (Lipinski definition) is 2. The lowest BCUT2D eigenvalue weighted by molar-refractivity contribution is 0.0952. The molecule has 4 heteroatoms. The zero-order valence-corrected chi connectivity index (χ0v) is 12.0. The van der Waals surface area contributed by atoms with E-state index in [1.165, 1.54) is 0 Å². The molecule has 0 saturated carbocycles. The summed E-state index contributed by atoms with van der Waals surface area (Å²) in [7, 11) is 0. The van der Waals surface area contributed by atoms with E-state index in [-0.39, 0.29) is 18.2 Å². The fourth-order valence-corrected chi connectivity index (χ4v) is 2.37. The van der Waals surface area contributed by atoms with Crippen LogP contribution in [0.1, 0.15) is 29.6 Å². The first kappa shape index (κ1) is 14.7. The molecule has 1 fully saturated rings. The van der Waals surface area contributed by atoms with Gasteiger partial charge in [-0.25, -0.2) is 0 Å². The van der Waals surface area contributed by atoms with E-state index in [9.17, 15) is 4.79 Å². The number of nitrogens with one attached hydrogen (secondary N) is 1. The number of halogens is 2. The smallest absolute Gasteiger partial charge is 0.163 e. The Kier molecular flexibility index (Phi) is 6.17. The molecule has 2 nitrogen and oxygen atoms in total. The van der Waals surface area contributed by atoms with Crippen molar-refractivity contribution in [2.24, 2.45) is 5.92 Å². The zero-order chi connectivity index (χ0) is 11.4. The first-order valence-corrected chi connectivity index (χ1v) is 6.54. The van der Waals surface area contributed by atoms with Gasteiger partial charge < -0.3 is 5.32 Å². The molecule has 0 radical (unpaired) electrons. The highest BCUT2D eigenvalue weighted by molar-refractivity contribution is 9.10. The van der Waals surface area contributed by atoms with Gasteiger partial charge in [-0.15, -0.1) is 12.4 Å². The van der Waals surface area contributed by atoms with Crippen molar-refractivity contribution in [2.45, 2.75) is 19.3 Å². The van der Waals surface area contributed by atoms with E-state index in [4.69, 9.17) is 0 Å². The second-order valence-corrected chi connectivity index (χ2v) is 5.24. The van der Waals surface area contributed by atoms with Crippen molar-refractivity contribution >= 4 is 34.1 Å². The lowest BCUT2D eigenvalue weighted by atomic mass is 9.91. The van der Waals surface area contributed by atoms with Crippen molar-refractivity contribution < 1.29 is 4.79 Å². The molecule has 0 aromatic heterocycles. The Bertz CT molecular complexity index is 360. The Morgan fingerprint density at radius 1 is 1.24 bits per heavy atom. The zero-order valence-electron chi connectivity index (χ0n) is 9.62. The van der Waals surface area contributed by atoms with Gasteiger partial charge in [0, 0.05) is 16.5 Å². The van der Waals surface area contributed by atoms with Crippen LogP contribution in [0.3, 0.4) is 0 Å². The molecule has 1 aliphatic heterocycles. The molecule has 0 amide bonds. The van der Waals surface area contributed by atoms with Crippen molar-refractivity contribution in [1.82, 2.24) is 5.32 Å². The summed E-state index contributed by atoms with van der Waals surface area (Å²) in [5, 5.41) is 3.32. The second kappa shape index (κ2) is 7.14. The van der Waals surface area contributed by atoms with Crippen molar-refractivity contribution in [3.63, 3.8) is 0 Å². The maximum absolute atomic E-state index is 12.0. The molecule has 0 bridgehead atoms. The van der Waals surface area contributed by atoms with Gasteiger partial charge in [0.2, 0.25) is 0 Å². The molecule has 0 atom stereocenters. The SMILES string of the molecule is Cl.O=C(CC1CCNCC1)c1ccc(Br)cc1. The maximum Gasteiger partial charge on any atom is 0.163 e. The van der Waals surface area contributed by atoms with E-state index >= 15 is 0 Å². The van der Waals surface area contributed by atoms with E-state index in [1.54, 1.807) is 0 Å². The third-order valence-corrected chi connectivity index (χ3v) is 3.63. The predicted molar refractivity (Wildman–Crippen MR) is 75.9 cm³/mol. The molecule has 0 spiro atoms. The van der Waals surface area contributed by atoms with Gasteiger partial charge >= 0.3 is 0 Å². The fraction of sp³-hybridized carbons (Fsp3) is 0.462. The van der Waals surface area contributed by atoms with Crippen LogP contribution < -0.4 is 5.32 Å². The number of ketones is 1. The lowest BCUT2D eigenvalue weighted by Crippen LogP contribution is -2.28. The molecule has 1 aliphatic rings. The van der Waals surface area contributed by atoms with Crippen molar-refractivity contribution in [3.05, 3.63) is 34.3 Å². The Labute approximate surface area is 117 Å². The van der Waals surface area contributed by atoms with Crippen molar-refractivity contribution in [3.8, 4) is 0 Å². The highest BCUT2D eigenvalue weighted by Crippen LogP contribution is 2.19. The third kappa shape index (κ3) is 4.41. The minimum absolute atomic E-state index is 0. The van der Waals surface area contributed by atoms with Crippen LogP contribution in [0.5, 0.6) is 0 Å². The summed E-state index contributed by atoms with van der Waals surface area (Å²) in [6, 6.07) is 7.65. The van der Waals surface area contributed by atoms with Gasteiger partial charge in [-0.1, -0.05) is 28.1 Å². The van der Waals surface area contributed by atoms with Crippen LogP contribution in [0, 0.1) is 5.92 Å². The Morgan fingerprint density at radius 2 is 1.82 bits per heavy atom. The van der Waals surface area contributed by atoms with Crippen molar-refractivity contribution in [1.29, 1.82) is 0 Å². The van der Waals surface area contributed by atoms with Gasteiger partial charge in [-0.2, -0.15) is 0 Å². The monoisotopic (exact) mass is 317 g/mol. The Morgan fingerprint density at radius 3 is 2.41 bits per heavy atom. The van der Waals surface area contributed by atoms with Crippen LogP contribution in [-0.2, 0) is 0 Å². The third-order valence-electron chi connectivity index (χ3n) is 3.10. The predicted octanol–water partition coefficient (Wildman–Crippen LogP) is 3.44. The molecule has 94 valence electrons. The normalized spacial score (nSPS) is 16.3. The Balaban J connectivity index is 0.00000144. The van der Waals surface area contributed by atoms with Gasteiger partial charge in [0.05, 0.1) is 0 Å². The van der Waals surface area contributed by atoms with Gasteiger partial charge in [0.1, 0.15) is 0 Å². The Hall–Kier alpha value is -0.380. The number of carbonyl (C=O) groups is 1. The van der Waals surface area contributed by atoms with E-state index in [1.807, 2.05) is 24.3 Å². The molecular weight excluding hydrogens is 302 g/mol. The van der Waals surface area contributed by atoms with Crippen LogP contribution in [0.15, 0.2) is 28.7 Å². The molecule has 1 heterocycles. The highest BCUT2D eigenvalue weighted by Gasteiger charge is 2.17. The van der Waals surface area contributed by atoms with Crippen LogP contribution in [0.4, 0.5) is 0 Å². The molecule has 17 heavy (non-hydrogen) atoms. The van der Waals surface area contributed by atoms with Crippen LogP contribution >= 0.6 is 28.3 Å². The quantitative estimate of drug-likeness (QED) is 0.865. The maximum atomic E-state index is 12.0. The van der Waals surface area contributed by atoms with Crippen LogP contribution in [-0.4, -0.2) is 18.9 Å². The summed E-state index contributed by atoms with van der Waals surface area (Å²) < 4.78 is 1.02. The summed E-state index contributed by atoms with van der Waals surface area (Å²) in [4.78, 5) is 12.0. The number of rotatable bonds is 3. The summed E-state index contributed by atoms with van der Waals surface area (Å²) in [5.74, 6) is 0.844. The standard InChI is InChI=1S/C13H16BrNO.ClH/c14-12-3-1-11(2-4-12)13(16)9-10-5-7-15-8-6-10;/h1-4,10,15H,5-9H2;1H. The minimum Gasteiger partial charge on any atom is -0.317 e. The summed E-state index contributed by atoms with van der Waals surface area (Å²) in [6.07, 6.45) is 2.95. The molecule has 1 N–H and O–H groups in total. The van der Waals surface area contributed by atoms with E-state index in [0.717, 1.165) is 36.0 Å². The lowest BCUT2D eigenvalue weighted by Gasteiger charge is -2.21. The average molecular weight is 319 g/mol. The highest BCUT2D eigenvalue weighted by atomic mass is 79.9. The van der Waals surface area contributed by atoms with Gasteiger partial charge in [-0.3, -0.25) is 4.79 Å². The first-order chi connectivity index (χ1) is 7.75. The topological polar surface area (TPSA) is 29.1 Å². The van der Waals surface area contributed by atoms with Crippen LogP contribution in [0.25, 0.3) is 0 Å².